The van der Waals surface area contributed by atoms with E-state index in [1.165, 1.54) is 19.3 Å². The lowest BCUT2D eigenvalue weighted by Gasteiger charge is -2.32. The Morgan fingerprint density at radius 2 is 2.36 bits per heavy atom. The largest absolute Gasteiger partial charge is 0.481 e. The quantitative estimate of drug-likeness (QED) is 0.673. The number of carbonyl (C=O) groups is 1. The first-order valence-corrected chi connectivity index (χ1v) is 5.20. The first-order valence-electron chi connectivity index (χ1n) is 5.20. The van der Waals surface area contributed by atoms with Gasteiger partial charge in [0.1, 0.15) is 0 Å². The predicted molar refractivity (Wildman–Crippen MR) is 53.3 cm³/mol. The van der Waals surface area contributed by atoms with Crippen molar-refractivity contribution in [1.29, 1.82) is 0 Å². The van der Waals surface area contributed by atoms with E-state index in [0.29, 0.717) is 19.3 Å². The summed E-state index contributed by atoms with van der Waals surface area (Å²) in [6.07, 6.45) is 3.80. The van der Waals surface area contributed by atoms with E-state index in [1.807, 2.05) is 0 Å². The number of nitrogens with zero attached hydrogens (tertiary/aromatic N) is 1. The summed E-state index contributed by atoms with van der Waals surface area (Å²) in [5.74, 6) is -0.790. The first kappa shape index (κ1) is 11.5. The van der Waals surface area contributed by atoms with Gasteiger partial charge in [-0.2, -0.15) is 0 Å². The highest BCUT2D eigenvalue weighted by Gasteiger charge is 2.18. The number of ether oxygens (including phenoxy) is 1. The summed E-state index contributed by atoms with van der Waals surface area (Å²) < 4.78 is 5.33. The van der Waals surface area contributed by atoms with Gasteiger partial charge >= 0.3 is 5.97 Å². The predicted octanol–water partition coefficient (Wildman–Crippen LogP) is 0.962. The third kappa shape index (κ3) is 4.07. The Kier molecular flexibility index (Phi) is 4.90. The summed E-state index contributed by atoms with van der Waals surface area (Å²) in [5, 5.41) is 8.41. The molecule has 1 N–H and O–H groups in total. The molecule has 0 saturated carbocycles. The highest BCUT2D eigenvalue weighted by Crippen LogP contribution is 2.14. The van der Waals surface area contributed by atoms with Gasteiger partial charge in [0.2, 0.25) is 0 Å². The molecule has 0 spiro atoms. The van der Waals surface area contributed by atoms with Crippen molar-refractivity contribution in [1.82, 2.24) is 4.90 Å². The fraction of sp³-hybridized carbons (Fsp3) is 0.900. The summed E-state index contributed by atoms with van der Waals surface area (Å²) in [6.45, 7) is 2.14. The number of likely N-dealkylation sites (N-methyl/N-ethyl adjacent to an activating group) is 1. The lowest BCUT2D eigenvalue weighted by molar-refractivity contribution is -0.138. The molecule has 14 heavy (non-hydrogen) atoms. The van der Waals surface area contributed by atoms with Crippen molar-refractivity contribution in [3.05, 3.63) is 0 Å². The molecule has 1 atom stereocenters. The fourth-order valence-electron chi connectivity index (χ4n) is 1.73. The van der Waals surface area contributed by atoms with Gasteiger partial charge in [0.25, 0.3) is 0 Å². The van der Waals surface area contributed by atoms with Gasteiger partial charge in [-0.25, -0.2) is 0 Å². The van der Waals surface area contributed by atoms with Crippen molar-refractivity contribution in [3.8, 4) is 0 Å². The number of hydrogen-bond acceptors (Lipinski definition) is 3. The molecule has 0 bridgehead atoms. The molecule has 0 amide bonds. The topological polar surface area (TPSA) is 49.8 Å². The van der Waals surface area contributed by atoms with Crippen molar-refractivity contribution in [2.45, 2.75) is 31.7 Å². The molecule has 0 aromatic rings. The average Bonchev–Trinajstić information content (AvgIpc) is 2.15. The minimum Gasteiger partial charge on any atom is -0.481 e. The minimum absolute atomic E-state index is 0.108. The van der Waals surface area contributed by atoms with Crippen LogP contribution in [0.4, 0.5) is 0 Å². The summed E-state index contributed by atoms with van der Waals surface area (Å²) >= 11 is 0. The van der Waals surface area contributed by atoms with Crippen LogP contribution in [0.1, 0.15) is 25.7 Å². The van der Waals surface area contributed by atoms with Gasteiger partial charge in [-0.3, -0.25) is 4.79 Å². The molecule has 82 valence electrons. The van der Waals surface area contributed by atoms with Crippen LogP contribution in [0.25, 0.3) is 0 Å². The molecule has 0 aliphatic carbocycles. The standard InChI is InChI=1S/C10H19NO3/c1-11-6-3-2-4-9(11)8-14-7-5-10(12)13/h9H,2-8H2,1H3,(H,12,13). The Bertz CT molecular complexity index is 184. The Hall–Kier alpha value is -0.610. The average molecular weight is 201 g/mol. The number of carboxylic acid groups (broad SMARTS) is 1. The normalized spacial score (nSPS) is 23.6. The molecule has 0 aromatic heterocycles. The smallest absolute Gasteiger partial charge is 0.305 e. The van der Waals surface area contributed by atoms with E-state index in [9.17, 15) is 4.79 Å². The van der Waals surface area contributed by atoms with E-state index >= 15 is 0 Å². The number of hydrogen-bond donors (Lipinski definition) is 1. The molecule has 0 radical (unpaired) electrons. The van der Waals surface area contributed by atoms with Crippen LogP contribution in [-0.2, 0) is 9.53 Å². The van der Waals surface area contributed by atoms with Gasteiger partial charge in [-0.1, -0.05) is 6.42 Å². The van der Waals surface area contributed by atoms with E-state index < -0.39 is 5.97 Å². The zero-order chi connectivity index (χ0) is 10.4. The van der Waals surface area contributed by atoms with Crippen LogP contribution < -0.4 is 0 Å². The van der Waals surface area contributed by atoms with Crippen LogP contribution in [0.2, 0.25) is 0 Å². The molecule has 1 aliphatic heterocycles. The summed E-state index contributed by atoms with van der Waals surface area (Å²) in [5.41, 5.74) is 0. The molecule has 4 nitrogen and oxygen atoms in total. The third-order valence-corrected chi connectivity index (χ3v) is 2.69. The van der Waals surface area contributed by atoms with Crippen LogP contribution in [-0.4, -0.2) is 48.8 Å². The first-order chi connectivity index (χ1) is 6.70. The maximum Gasteiger partial charge on any atom is 0.305 e. The summed E-state index contributed by atoms with van der Waals surface area (Å²) in [7, 11) is 2.10. The van der Waals surface area contributed by atoms with E-state index in [0.717, 1.165) is 6.54 Å². The lowest BCUT2D eigenvalue weighted by atomic mass is 10.0. The van der Waals surface area contributed by atoms with Crippen LogP contribution >= 0.6 is 0 Å². The molecule has 1 aliphatic rings. The van der Waals surface area contributed by atoms with Gasteiger partial charge < -0.3 is 14.7 Å². The van der Waals surface area contributed by atoms with Gasteiger partial charge in [0.15, 0.2) is 0 Å². The summed E-state index contributed by atoms with van der Waals surface area (Å²) in [4.78, 5) is 12.5. The molecule has 0 aromatic carbocycles. The van der Waals surface area contributed by atoms with Gasteiger partial charge in [0, 0.05) is 6.04 Å². The maximum atomic E-state index is 10.2. The second-order valence-electron chi connectivity index (χ2n) is 3.85. The van der Waals surface area contributed by atoms with Crippen molar-refractivity contribution in [2.24, 2.45) is 0 Å². The molecule has 1 heterocycles. The molecule has 1 fully saturated rings. The second kappa shape index (κ2) is 5.98. The second-order valence-corrected chi connectivity index (χ2v) is 3.85. The number of carboxylic acids is 1. The number of rotatable bonds is 5. The van der Waals surface area contributed by atoms with E-state index in [4.69, 9.17) is 9.84 Å². The van der Waals surface area contributed by atoms with Crippen molar-refractivity contribution >= 4 is 5.97 Å². The van der Waals surface area contributed by atoms with Crippen LogP contribution in [0.15, 0.2) is 0 Å². The Morgan fingerprint density at radius 1 is 1.57 bits per heavy atom. The molecule has 4 heteroatoms. The fourth-order valence-corrected chi connectivity index (χ4v) is 1.73. The van der Waals surface area contributed by atoms with E-state index in [2.05, 4.69) is 11.9 Å². The van der Waals surface area contributed by atoms with Crippen molar-refractivity contribution in [2.75, 3.05) is 26.8 Å². The summed E-state index contributed by atoms with van der Waals surface area (Å²) in [6, 6.07) is 0.484. The number of piperidine rings is 1. The maximum absolute atomic E-state index is 10.2. The van der Waals surface area contributed by atoms with E-state index in [1.54, 1.807) is 0 Å². The molecular formula is C10H19NO3. The zero-order valence-corrected chi connectivity index (χ0v) is 8.74. The van der Waals surface area contributed by atoms with Gasteiger partial charge in [-0.15, -0.1) is 0 Å². The molecule has 1 rings (SSSR count). The van der Waals surface area contributed by atoms with Crippen LogP contribution in [0.3, 0.4) is 0 Å². The minimum atomic E-state index is -0.790. The highest BCUT2D eigenvalue weighted by molar-refractivity contribution is 5.66. The molecular weight excluding hydrogens is 182 g/mol. The third-order valence-electron chi connectivity index (χ3n) is 2.69. The van der Waals surface area contributed by atoms with Crippen LogP contribution in [0.5, 0.6) is 0 Å². The van der Waals surface area contributed by atoms with Crippen LogP contribution in [0, 0.1) is 0 Å². The van der Waals surface area contributed by atoms with Crippen molar-refractivity contribution in [3.63, 3.8) is 0 Å². The Labute approximate surface area is 84.8 Å². The Balaban J connectivity index is 2.07. The highest BCUT2D eigenvalue weighted by atomic mass is 16.5. The van der Waals surface area contributed by atoms with Gasteiger partial charge in [0.05, 0.1) is 19.6 Å². The Morgan fingerprint density at radius 3 is 3.00 bits per heavy atom. The van der Waals surface area contributed by atoms with Crippen molar-refractivity contribution < 1.29 is 14.6 Å². The number of aliphatic carboxylic acids is 1. The van der Waals surface area contributed by atoms with E-state index in [-0.39, 0.29) is 6.42 Å². The molecule has 1 saturated heterocycles. The number of likely N-dealkylation sites (tertiary alicyclic amines) is 1. The lowest BCUT2D eigenvalue weighted by Crippen LogP contribution is -2.39. The van der Waals surface area contributed by atoms with Gasteiger partial charge in [-0.05, 0) is 26.4 Å². The monoisotopic (exact) mass is 201 g/mol. The zero-order valence-electron chi connectivity index (χ0n) is 8.74. The molecule has 1 unspecified atom stereocenters. The SMILES string of the molecule is CN1CCCCC1COCCC(=O)O.